The van der Waals surface area contributed by atoms with E-state index >= 15 is 0 Å². The Hall–Kier alpha value is -0.720. The molecular formula is C12H11BrN2OS2. The molecule has 0 saturated heterocycles. The van der Waals surface area contributed by atoms with E-state index in [0.29, 0.717) is 5.13 Å². The number of thiazole rings is 1. The minimum Gasteiger partial charge on any atom is -0.297 e. The fourth-order valence-corrected chi connectivity index (χ4v) is 4.32. The number of fused-ring (bicyclic) bond motifs is 1. The Morgan fingerprint density at radius 2 is 2.17 bits per heavy atom. The Bertz CT molecular complexity index is 567. The predicted octanol–water partition coefficient (Wildman–Crippen LogP) is 4.10. The number of halogens is 1. The maximum absolute atomic E-state index is 12.1. The van der Waals surface area contributed by atoms with E-state index in [1.807, 2.05) is 6.07 Å². The first-order valence-electron chi connectivity index (χ1n) is 5.76. The first kappa shape index (κ1) is 12.3. The van der Waals surface area contributed by atoms with Gasteiger partial charge < -0.3 is 0 Å². The number of carbonyl (C=O) groups is 1. The van der Waals surface area contributed by atoms with E-state index in [9.17, 15) is 4.79 Å². The zero-order chi connectivity index (χ0) is 12.5. The number of anilines is 1. The molecule has 2 aromatic heterocycles. The first-order valence-corrected chi connectivity index (χ1v) is 8.19. The highest BCUT2D eigenvalue weighted by molar-refractivity contribution is 9.11. The van der Waals surface area contributed by atoms with Gasteiger partial charge in [0.2, 0.25) is 0 Å². The number of hydrogen-bond acceptors (Lipinski definition) is 4. The lowest BCUT2D eigenvalue weighted by molar-refractivity contribution is 0.103. The second-order valence-electron chi connectivity index (χ2n) is 4.19. The van der Waals surface area contributed by atoms with Crippen molar-refractivity contribution in [3.8, 4) is 0 Å². The van der Waals surface area contributed by atoms with Crippen LogP contribution in [0.4, 0.5) is 5.13 Å². The van der Waals surface area contributed by atoms with Crippen molar-refractivity contribution in [2.24, 2.45) is 0 Å². The molecule has 0 atom stereocenters. The van der Waals surface area contributed by atoms with E-state index in [2.05, 4.69) is 26.2 Å². The molecule has 1 aliphatic rings. The van der Waals surface area contributed by atoms with Crippen LogP contribution < -0.4 is 5.32 Å². The van der Waals surface area contributed by atoms with E-state index in [-0.39, 0.29) is 5.91 Å². The number of nitrogens with zero attached hydrogens (tertiary/aromatic N) is 1. The molecule has 0 unspecified atom stereocenters. The Kier molecular flexibility index (Phi) is 3.50. The summed E-state index contributed by atoms with van der Waals surface area (Å²) >= 11 is 6.38. The van der Waals surface area contributed by atoms with E-state index in [1.54, 1.807) is 17.5 Å². The Balaban J connectivity index is 1.78. The lowest BCUT2D eigenvalue weighted by Gasteiger charge is -2.08. The van der Waals surface area contributed by atoms with Crippen LogP contribution in [-0.2, 0) is 12.8 Å². The fraction of sp³-hybridized carbons (Fsp3) is 0.333. The van der Waals surface area contributed by atoms with Gasteiger partial charge in [0.25, 0.3) is 5.91 Å². The highest BCUT2D eigenvalue weighted by Crippen LogP contribution is 2.30. The molecule has 0 aromatic carbocycles. The van der Waals surface area contributed by atoms with Crippen LogP contribution >= 0.6 is 38.6 Å². The monoisotopic (exact) mass is 342 g/mol. The first-order chi connectivity index (χ1) is 8.72. The third kappa shape index (κ3) is 2.50. The minimum atomic E-state index is -0.0451. The molecule has 0 radical (unpaired) electrons. The van der Waals surface area contributed by atoms with E-state index in [4.69, 9.17) is 0 Å². The van der Waals surface area contributed by atoms with Gasteiger partial charge in [-0.25, -0.2) is 4.98 Å². The summed E-state index contributed by atoms with van der Waals surface area (Å²) in [5.74, 6) is -0.0451. The zero-order valence-corrected chi connectivity index (χ0v) is 12.8. The normalized spacial score (nSPS) is 14.3. The van der Waals surface area contributed by atoms with E-state index in [1.165, 1.54) is 34.6 Å². The van der Waals surface area contributed by atoms with Gasteiger partial charge in [-0.1, -0.05) is 11.3 Å². The fourth-order valence-electron chi connectivity index (χ4n) is 2.07. The molecule has 3 rings (SSSR count). The van der Waals surface area contributed by atoms with Crippen molar-refractivity contribution in [2.45, 2.75) is 25.7 Å². The van der Waals surface area contributed by atoms with Crippen LogP contribution in [0, 0.1) is 0 Å². The standard InChI is InChI=1S/C12H11BrN2OS2/c13-10-6-14-12(18-10)15-11(16)9-5-7-3-1-2-4-8(7)17-9/h5-6H,1-4H2,(H,14,15,16). The summed E-state index contributed by atoms with van der Waals surface area (Å²) in [6.45, 7) is 0. The van der Waals surface area contributed by atoms with Crippen LogP contribution in [0.3, 0.4) is 0 Å². The van der Waals surface area contributed by atoms with Crippen molar-refractivity contribution in [3.05, 3.63) is 31.4 Å². The summed E-state index contributed by atoms with van der Waals surface area (Å²) in [6.07, 6.45) is 6.41. The summed E-state index contributed by atoms with van der Waals surface area (Å²) in [4.78, 5) is 18.4. The highest BCUT2D eigenvalue weighted by atomic mass is 79.9. The lowest BCUT2D eigenvalue weighted by atomic mass is 9.99. The van der Waals surface area contributed by atoms with Crippen LogP contribution in [0.5, 0.6) is 0 Å². The summed E-state index contributed by atoms with van der Waals surface area (Å²) in [5, 5.41) is 3.47. The smallest absolute Gasteiger partial charge is 0.267 e. The lowest BCUT2D eigenvalue weighted by Crippen LogP contribution is -2.09. The third-order valence-corrected chi connectivity index (χ3v) is 5.55. The number of nitrogens with one attached hydrogen (secondary N) is 1. The number of rotatable bonds is 2. The van der Waals surface area contributed by atoms with Crippen molar-refractivity contribution in [2.75, 3.05) is 5.32 Å². The largest absolute Gasteiger partial charge is 0.297 e. The molecule has 0 bridgehead atoms. The molecule has 1 N–H and O–H groups in total. The second-order valence-corrected chi connectivity index (χ2v) is 7.74. The molecular weight excluding hydrogens is 332 g/mol. The van der Waals surface area contributed by atoms with E-state index < -0.39 is 0 Å². The molecule has 18 heavy (non-hydrogen) atoms. The molecule has 1 amide bonds. The SMILES string of the molecule is O=C(Nc1ncc(Br)s1)c1cc2c(s1)CCCC2. The number of amides is 1. The molecule has 0 spiro atoms. The highest BCUT2D eigenvalue weighted by Gasteiger charge is 2.17. The molecule has 6 heteroatoms. The number of hydrogen-bond donors (Lipinski definition) is 1. The summed E-state index contributed by atoms with van der Waals surface area (Å²) < 4.78 is 0.920. The Morgan fingerprint density at radius 3 is 2.89 bits per heavy atom. The molecule has 1 aliphatic carbocycles. The summed E-state index contributed by atoms with van der Waals surface area (Å²) in [6, 6.07) is 2.04. The Labute approximate surface area is 121 Å². The third-order valence-electron chi connectivity index (χ3n) is 2.92. The second kappa shape index (κ2) is 5.11. The van der Waals surface area contributed by atoms with Crippen molar-refractivity contribution in [3.63, 3.8) is 0 Å². The van der Waals surface area contributed by atoms with Crippen molar-refractivity contribution >= 4 is 49.6 Å². The van der Waals surface area contributed by atoms with Crippen LogP contribution in [0.25, 0.3) is 0 Å². The van der Waals surface area contributed by atoms with Crippen LogP contribution in [0.15, 0.2) is 16.0 Å². The van der Waals surface area contributed by atoms with Crippen LogP contribution in [-0.4, -0.2) is 10.9 Å². The van der Waals surface area contributed by atoms with Crippen LogP contribution in [0.1, 0.15) is 33.0 Å². The van der Waals surface area contributed by atoms with Gasteiger partial charge in [0.05, 0.1) is 14.9 Å². The molecule has 0 aliphatic heterocycles. The van der Waals surface area contributed by atoms with Gasteiger partial charge in [0.15, 0.2) is 5.13 Å². The van der Waals surface area contributed by atoms with Gasteiger partial charge in [-0.3, -0.25) is 10.1 Å². The molecule has 3 nitrogen and oxygen atoms in total. The van der Waals surface area contributed by atoms with E-state index in [0.717, 1.165) is 21.5 Å². The number of thiophene rings is 1. The summed E-state index contributed by atoms with van der Waals surface area (Å²) in [5.41, 5.74) is 1.36. The Morgan fingerprint density at radius 1 is 1.33 bits per heavy atom. The molecule has 0 saturated carbocycles. The van der Waals surface area contributed by atoms with Gasteiger partial charge >= 0.3 is 0 Å². The van der Waals surface area contributed by atoms with Crippen molar-refractivity contribution in [1.82, 2.24) is 4.98 Å². The van der Waals surface area contributed by atoms with Gasteiger partial charge in [-0.15, -0.1) is 11.3 Å². The van der Waals surface area contributed by atoms with Gasteiger partial charge in [-0.2, -0.15) is 0 Å². The zero-order valence-electron chi connectivity index (χ0n) is 9.53. The maximum Gasteiger partial charge on any atom is 0.267 e. The van der Waals surface area contributed by atoms with Gasteiger partial charge in [0.1, 0.15) is 0 Å². The van der Waals surface area contributed by atoms with Crippen LogP contribution in [0.2, 0.25) is 0 Å². The van der Waals surface area contributed by atoms with Gasteiger partial charge in [0, 0.05) is 4.88 Å². The molecule has 0 fully saturated rings. The number of carbonyl (C=O) groups excluding carboxylic acids is 1. The predicted molar refractivity (Wildman–Crippen MR) is 78.7 cm³/mol. The molecule has 2 aromatic rings. The quantitative estimate of drug-likeness (QED) is 0.892. The minimum absolute atomic E-state index is 0.0451. The average Bonchev–Trinajstić information content (AvgIpc) is 2.95. The molecule has 2 heterocycles. The van der Waals surface area contributed by atoms with Gasteiger partial charge in [-0.05, 0) is 53.2 Å². The number of aromatic nitrogens is 1. The average molecular weight is 343 g/mol. The molecule has 94 valence electrons. The summed E-state index contributed by atoms with van der Waals surface area (Å²) in [7, 11) is 0. The van der Waals surface area contributed by atoms with Crippen molar-refractivity contribution < 1.29 is 4.79 Å². The topological polar surface area (TPSA) is 42.0 Å². The number of aryl methyl sites for hydroxylation is 2. The van der Waals surface area contributed by atoms with Crippen molar-refractivity contribution in [1.29, 1.82) is 0 Å². The maximum atomic E-state index is 12.1.